The molecule has 2 heterocycles. The van der Waals surface area contributed by atoms with Crippen LogP contribution in [-0.4, -0.2) is 48.3 Å². The summed E-state index contributed by atoms with van der Waals surface area (Å²) >= 11 is 0. The van der Waals surface area contributed by atoms with Gasteiger partial charge in [-0.15, -0.1) is 10.1 Å². The fraction of sp³-hybridized carbons (Fsp3) is 0.533. The summed E-state index contributed by atoms with van der Waals surface area (Å²) in [6, 6.07) is 7.70. The number of hydrogen-bond acceptors (Lipinski definition) is 9. The Morgan fingerprint density at radius 2 is 2.11 bits per heavy atom. The first-order chi connectivity index (χ1) is 13.0. The van der Waals surface area contributed by atoms with Crippen LogP contribution in [0.5, 0.6) is 0 Å². The molecular formula is C15H16N4O8. The van der Waals surface area contributed by atoms with Crippen molar-refractivity contribution >= 4 is 5.97 Å². The van der Waals surface area contributed by atoms with Crippen molar-refractivity contribution in [2.75, 3.05) is 6.61 Å². The highest BCUT2D eigenvalue weighted by Crippen LogP contribution is 2.36. The first kappa shape index (κ1) is 18.9. The standard InChI is InChI=1S/C15H16N4O8/c1-8(20)24-13-11(17-18-16)15(27-19(21)22)25-10-7-23-14(26-12(10)13)9-5-3-2-4-6-9/h2-6,10-15H,7H2,1H3/t10-,11-,12-,13-,14-,15?/m1/s1. The molecule has 0 radical (unpaired) electrons. The largest absolute Gasteiger partial charge is 0.459 e. The molecule has 2 fully saturated rings. The minimum atomic E-state index is -1.57. The topological polar surface area (TPSA) is 155 Å². The molecule has 0 aromatic heterocycles. The highest BCUT2D eigenvalue weighted by molar-refractivity contribution is 5.66. The molecular weight excluding hydrogens is 364 g/mol. The zero-order chi connectivity index (χ0) is 19.4. The van der Waals surface area contributed by atoms with Crippen molar-refractivity contribution in [2.24, 2.45) is 5.11 Å². The lowest BCUT2D eigenvalue weighted by molar-refractivity contribution is -0.784. The molecule has 12 heteroatoms. The number of carbonyl (C=O) groups is 1. The maximum atomic E-state index is 11.6. The second-order valence-corrected chi connectivity index (χ2v) is 5.82. The van der Waals surface area contributed by atoms with Gasteiger partial charge in [0, 0.05) is 17.4 Å². The predicted octanol–water partition coefficient (Wildman–Crippen LogP) is 1.64. The molecule has 27 heavy (non-hydrogen) atoms. The van der Waals surface area contributed by atoms with Crippen LogP contribution in [0.2, 0.25) is 0 Å². The Kier molecular flexibility index (Phi) is 5.72. The molecule has 1 aromatic rings. The second kappa shape index (κ2) is 8.18. The van der Waals surface area contributed by atoms with Gasteiger partial charge in [-0.3, -0.25) is 9.63 Å². The molecule has 1 aromatic carbocycles. The third kappa shape index (κ3) is 4.26. The summed E-state index contributed by atoms with van der Waals surface area (Å²) in [4.78, 5) is 29.4. The van der Waals surface area contributed by atoms with Crippen LogP contribution >= 0.6 is 0 Å². The van der Waals surface area contributed by atoms with E-state index in [0.717, 1.165) is 12.5 Å². The Hall–Kier alpha value is -2.92. The van der Waals surface area contributed by atoms with Crippen molar-refractivity contribution in [3.8, 4) is 0 Å². The third-order valence-electron chi connectivity index (χ3n) is 4.06. The molecule has 2 saturated heterocycles. The van der Waals surface area contributed by atoms with Gasteiger partial charge >= 0.3 is 5.97 Å². The number of azide groups is 1. The second-order valence-electron chi connectivity index (χ2n) is 5.82. The molecule has 12 nitrogen and oxygen atoms in total. The zero-order valence-corrected chi connectivity index (χ0v) is 14.1. The van der Waals surface area contributed by atoms with Gasteiger partial charge in [0.05, 0.1) is 6.61 Å². The van der Waals surface area contributed by atoms with Gasteiger partial charge in [-0.05, 0) is 5.53 Å². The lowest BCUT2D eigenvalue weighted by Crippen LogP contribution is -2.62. The van der Waals surface area contributed by atoms with Crippen LogP contribution in [0.1, 0.15) is 18.8 Å². The Labute approximate surface area is 152 Å². The first-order valence-electron chi connectivity index (χ1n) is 7.99. The lowest BCUT2D eigenvalue weighted by atomic mass is 9.96. The van der Waals surface area contributed by atoms with E-state index in [9.17, 15) is 14.9 Å². The number of ether oxygens (including phenoxy) is 4. The molecule has 1 unspecified atom stereocenters. The zero-order valence-electron chi connectivity index (χ0n) is 14.1. The van der Waals surface area contributed by atoms with Gasteiger partial charge in [-0.25, -0.2) is 0 Å². The number of esters is 1. The first-order valence-corrected chi connectivity index (χ1v) is 7.99. The fourth-order valence-corrected chi connectivity index (χ4v) is 3.02. The van der Waals surface area contributed by atoms with Crippen LogP contribution < -0.4 is 0 Å². The fourth-order valence-electron chi connectivity index (χ4n) is 3.02. The maximum absolute atomic E-state index is 11.6. The normalized spacial score (nSPS) is 32.5. The van der Waals surface area contributed by atoms with Gasteiger partial charge in [0.1, 0.15) is 24.4 Å². The van der Waals surface area contributed by atoms with Gasteiger partial charge in [-0.1, -0.05) is 35.4 Å². The highest BCUT2D eigenvalue weighted by Gasteiger charge is 2.52. The van der Waals surface area contributed by atoms with E-state index in [1.165, 1.54) is 0 Å². The molecule has 0 amide bonds. The number of nitrogens with zero attached hydrogens (tertiary/aromatic N) is 4. The Bertz CT molecular complexity index is 741. The summed E-state index contributed by atoms with van der Waals surface area (Å²) in [5, 5.41) is 13.1. The number of benzene rings is 1. The van der Waals surface area contributed by atoms with E-state index in [1.54, 1.807) is 24.3 Å². The minimum absolute atomic E-state index is 0.00253. The van der Waals surface area contributed by atoms with E-state index in [1.807, 2.05) is 6.07 Å². The quantitative estimate of drug-likeness (QED) is 0.186. The molecule has 2 aliphatic rings. The van der Waals surface area contributed by atoms with Crippen molar-refractivity contribution in [1.82, 2.24) is 0 Å². The molecule has 144 valence electrons. The highest BCUT2D eigenvalue weighted by atomic mass is 17.0. The van der Waals surface area contributed by atoms with Crippen LogP contribution in [0.4, 0.5) is 0 Å². The van der Waals surface area contributed by atoms with Gasteiger partial charge in [0.2, 0.25) is 6.29 Å². The van der Waals surface area contributed by atoms with Crippen molar-refractivity contribution < 1.29 is 33.7 Å². The predicted molar refractivity (Wildman–Crippen MR) is 85.2 cm³/mol. The number of rotatable bonds is 5. The summed E-state index contributed by atoms with van der Waals surface area (Å²) in [7, 11) is 0. The van der Waals surface area contributed by atoms with Crippen LogP contribution in [0.3, 0.4) is 0 Å². The van der Waals surface area contributed by atoms with E-state index in [0.29, 0.717) is 0 Å². The monoisotopic (exact) mass is 380 g/mol. The van der Waals surface area contributed by atoms with E-state index in [4.69, 9.17) is 24.5 Å². The lowest BCUT2D eigenvalue weighted by Gasteiger charge is -2.46. The van der Waals surface area contributed by atoms with Crippen molar-refractivity contribution in [1.29, 1.82) is 0 Å². The third-order valence-corrected chi connectivity index (χ3v) is 4.06. The summed E-state index contributed by atoms with van der Waals surface area (Å²) in [6.45, 7) is 1.16. The van der Waals surface area contributed by atoms with Crippen molar-refractivity contribution in [3.63, 3.8) is 0 Å². The molecule has 6 atom stereocenters. The minimum Gasteiger partial charge on any atom is -0.459 e. The molecule has 3 rings (SSSR count). The van der Waals surface area contributed by atoms with E-state index in [2.05, 4.69) is 14.9 Å². The number of carbonyl (C=O) groups excluding carboxylic acids is 1. The SMILES string of the molecule is CC(=O)O[C@H]1[C@@H]2O[C@H](c3ccccc3)OC[C@H]2OC(O[N+](=O)[O-])[C@@H]1N=[N+]=[N-]. The van der Waals surface area contributed by atoms with Crippen molar-refractivity contribution in [2.45, 2.75) is 43.9 Å². The summed E-state index contributed by atoms with van der Waals surface area (Å²) in [5.41, 5.74) is 9.54. The van der Waals surface area contributed by atoms with E-state index < -0.39 is 48.0 Å². The van der Waals surface area contributed by atoms with Crippen LogP contribution in [0.25, 0.3) is 10.4 Å². The molecule has 0 aliphatic carbocycles. The van der Waals surface area contributed by atoms with Gasteiger partial charge in [0.15, 0.2) is 6.29 Å². The van der Waals surface area contributed by atoms with Gasteiger partial charge in [0.25, 0.3) is 5.09 Å². The van der Waals surface area contributed by atoms with Crippen LogP contribution in [0.15, 0.2) is 35.4 Å². The van der Waals surface area contributed by atoms with Crippen LogP contribution in [0, 0.1) is 10.1 Å². The summed E-state index contributed by atoms with van der Waals surface area (Å²) in [6.07, 6.45) is -5.20. The van der Waals surface area contributed by atoms with Gasteiger partial charge < -0.3 is 18.9 Å². The Morgan fingerprint density at radius 1 is 1.37 bits per heavy atom. The molecule has 0 N–H and O–H groups in total. The van der Waals surface area contributed by atoms with Crippen molar-refractivity contribution in [3.05, 3.63) is 56.5 Å². The Morgan fingerprint density at radius 3 is 2.74 bits per heavy atom. The van der Waals surface area contributed by atoms with E-state index in [-0.39, 0.29) is 6.61 Å². The summed E-state index contributed by atoms with van der Waals surface area (Å²) < 4.78 is 22.3. The molecule has 0 spiro atoms. The van der Waals surface area contributed by atoms with Crippen LogP contribution in [-0.2, 0) is 28.6 Å². The Balaban J connectivity index is 1.89. The maximum Gasteiger partial charge on any atom is 0.303 e. The molecule has 0 saturated carbocycles. The average Bonchev–Trinajstić information content (AvgIpc) is 2.64. The smallest absolute Gasteiger partial charge is 0.303 e. The van der Waals surface area contributed by atoms with Gasteiger partial charge in [-0.2, -0.15) is 0 Å². The number of fused-ring (bicyclic) bond motifs is 1. The van der Waals surface area contributed by atoms with E-state index >= 15 is 0 Å². The average molecular weight is 380 g/mol. The summed E-state index contributed by atoms with van der Waals surface area (Å²) in [5.74, 6) is -0.676. The molecule has 2 aliphatic heterocycles. The molecule has 0 bridgehead atoms. The number of hydrogen-bond donors (Lipinski definition) is 0.